The van der Waals surface area contributed by atoms with Gasteiger partial charge in [0.25, 0.3) is 11.3 Å². The van der Waals surface area contributed by atoms with Crippen molar-refractivity contribution < 1.29 is 4.39 Å². The summed E-state index contributed by atoms with van der Waals surface area (Å²) in [6.07, 6.45) is 1.39. The van der Waals surface area contributed by atoms with Crippen molar-refractivity contribution in [3.8, 4) is 0 Å². The first-order valence-electron chi connectivity index (χ1n) is 5.73. The molecule has 2 aromatic heterocycles. The van der Waals surface area contributed by atoms with E-state index in [-0.39, 0.29) is 11.4 Å². The molecular formula is C12H10FN5OS. The van der Waals surface area contributed by atoms with E-state index in [1.165, 1.54) is 46.9 Å². The fourth-order valence-electron chi connectivity index (χ4n) is 1.73. The monoisotopic (exact) mass is 291 g/mol. The molecule has 0 aliphatic carbocycles. The van der Waals surface area contributed by atoms with Gasteiger partial charge in [-0.25, -0.2) is 14.4 Å². The first kappa shape index (κ1) is 12.7. The van der Waals surface area contributed by atoms with Crippen LogP contribution in [0.15, 0.2) is 40.3 Å². The zero-order valence-electron chi connectivity index (χ0n) is 10.2. The number of hydrogen-bond donors (Lipinski definition) is 2. The number of benzene rings is 1. The molecule has 8 heteroatoms. The molecule has 3 rings (SSSR count). The fourth-order valence-corrected chi connectivity index (χ4v) is 2.61. The predicted molar refractivity (Wildman–Crippen MR) is 74.0 cm³/mol. The van der Waals surface area contributed by atoms with Crippen molar-refractivity contribution in [3.63, 3.8) is 0 Å². The van der Waals surface area contributed by atoms with Crippen molar-refractivity contribution in [3.05, 3.63) is 52.5 Å². The Morgan fingerprint density at radius 2 is 2.25 bits per heavy atom. The summed E-state index contributed by atoms with van der Waals surface area (Å²) in [7, 11) is 0. The van der Waals surface area contributed by atoms with Crippen LogP contribution in [0.5, 0.6) is 0 Å². The molecule has 0 radical (unpaired) electrons. The third-order valence-corrected chi connectivity index (χ3v) is 3.78. The van der Waals surface area contributed by atoms with E-state index in [1.807, 2.05) is 0 Å². The Balaban J connectivity index is 1.86. The lowest BCUT2D eigenvalue weighted by molar-refractivity contribution is 0.624. The van der Waals surface area contributed by atoms with Crippen LogP contribution in [0.2, 0.25) is 0 Å². The molecule has 102 valence electrons. The Hall–Kier alpha value is -2.35. The summed E-state index contributed by atoms with van der Waals surface area (Å²) in [5.41, 5.74) is 6.59. The standard InChI is InChI=1S/C12H10FN5OS/c13-7-1-2-9(14)10(3-7)20-5-8-4-11(19)18-12(17-8)15-6-16-18/h1-4,6H,5,14H2,(H,15,16,17). The van der Waals surface area contributed by atoms with Crippen molar-refractivity contribution in [2.45, 2.75) is 10.6 Å². The Labute approximate surface area is 116 Å². The second-order valence-electron chi connectivity index (χ2n) is 4.08. The molecule has 3 aromatic rings. The summed E-state index contributed by atoms with van der Waals surface area (Å²) in [5.74, 6) is 0.365. The third-order valence-electron chi connectivity index (χ3n) is 2.67. The molecule has 0 atom stereocenters. The number of halogens is 1. The molecule has 0 bridgehead atoms. The highest BCUT2D eigenvalue weighted by Gasteiger charge is 2.07. The highest BCUT2D eigenvalue weighted by molar-refractivity contribution is 7.98. The minimum absolute atomic E-state index is 0.240. The summed E-state index contributed by atoms with van der Waals surface area (Å²) in [5, 5.41) is 2.66. The third kappa shape index (κ3) is 2.37. The molecule has 3 N–H and O–H groups in total. The van der Waals surface area contributed by atoms with Crippen LogP contribution in [0.25, 0.3) is 5.78 Å². The highest BCUT2D eigenvalue weighted by atomic mass is 32.2. The fraction of sp³-hybridized carbons (Fsp3) is 0.0833. The number of rotatable bonds is 3. The number of H-pyrrole nitrogens is 1. The molecule has 0 saturated carbocycles. The molecule has 0 saturated heterocycles. The van der Waals surface area contributed by atoms with E-state index in [1.54, 1.807) is 0 Å². The number of nitrogens with zero attached hydrogens (tertiary/aromatic N) is 3. The van der Waals surface area contributed by atoms with E-state index in [9.17, 15) is 9.18 Å². The Morgan fingerprint density at radius 3 is 3.10 bits per heavy atom. The van der Waals surface area contributed by atoms with E-state index < -0.39 is 0 Å². The van der Waals surface area contributed by atoms with Gasteiger partial charge in [-0.1, -0.05) is 0 Å². The van der Waals surface area contributed by atoms with Crippen LogP contribution in [0.3, 0.4) is 0 Å². The van der Waals surface area contributed by atoms with Crippen LogP contribution in [-0.4, -0.2) is 19.6 Å². The molecule has 20 heavy (non-hydrogen) atoms. The number of aromatic amines is 1. The van der Waals surface area contributed by atoms with Gasteiger partial charge in [0, 0.05) is 22.4 Å². The maximum absolute atomic E-state index is 13.2. The van der Waals surface area contributed by atoms with E-state index in [4.69, 9.17) is 5.73 Å². The van der Waals surface area contributed by atoms with Crippen molar-refractivity contribution >= 4 is 23.2 Å². The molecule has 1 aromatic carbocycles. The van der Waals surface area contributed by atoms with Crippen molar-refractivity contribution in [2.75, 3.05) is 5.73 Å². The lowest BCUT2D eigenvalue weighted by Crippen LogP contribution is -2.15. The first-order chi connectivity index (χ1) is 9.63. The summed E-state index contributed by atoms with van der Waals surface area (Å²) in [6.45, 7) is 0. The molecule has 0 spiro atoms. The molecule has 0 fully saturated rings. The minimum Gasteiger partial charge on any atom is -0.398 e. The predicted octanol–water partition coefficient (Wildman–Crippen LogP) is 1.43. The van der Waals surface area contributed by atoms with Gasteiger partial charge in [0.2, 0.25) is 0 Å². The molecule has 0 aliphatic rings. The van der Waals surface area contributed by atoms with Crippen LogP contribution in [-0.2, 0) is 5.75 Å². The summed E-state index contributed by atoms with van der Waals surface area (Å²) < 4.78 is 14.4. The second kappa shape index (κ2) is 4.97. The maximum atomic E-state index is 13.2. The van der Waals surface area contributed by atoms with Crippen molar-refractivity contribution in [1.29, 1.82) is 0 Å². The van der Waals surface area contributed by atoms with Crippen LogP contribution in [0.1, 0.15) is 5.69 Å². The van der Waals surface area contributed by atoms with Crippen molar-refractivity contribution in [2.24, 2.45) is 0 Å². The number of thioether (sulfide) groups is 1. The molecule has 6 nitrogen and oxygen atoms in total. The molecular weight excluding hydrogens is 281 g/mol. The van der Waals surface area contributed by atoms with Crippen LogP contribution >= 0.6 is 11.8 Å². The normalized spacial score (nSPS) is 11.1. The van der Waals surface area contributed by atoms with Gasteiger partial charge in [0.1, 0.15) is 12.1 Å². The first-order valence-corrected chi connectivity index (χ1v) is 6.72. The second-order valence-corrected chi connectivity index (χ2v) is 5.10. The number of anilines is 1. The highest BCUT2D eigenvalue weighted by Crippen LogP contribution is 2.28. The molecule has 0 amide bonds. The van der Waals surface area contributed by atoms with Gasteiger partial charge >= 0.3 is 0 Å². The van der Waals surface area contributed by atoms with Gasteiger partial charge in [0.15, 0.2) is 0 Å². The van der Waals surface area contributed by atoms with E-state index in [0.29, 0.717) is 27.8 Å². The lowest BCUT2D eigenvalue weighted by Gasteiger charge is -2.05. The van der Waals surface area contributed by atoms with Gasteiger partial charge in [-0.15, -0.1) is 11.8 Å². The van der Waals surface area contributed by atoms with Crippen LogP contribution < -0.4 is 11.3 Å². The number of hydrogen-bond acceptors (Lipinski definition) is 5. The number of aromatic nitrogens is 4. The topological polar surface area (TPSA) is 89.1 Å². The summed E-state index contributed by atoms with van der Waals surface area (Å²) in [4.78, 5) is 20.5. The minimum atomic E-state index is -0.350. The van der Waals surface area contributed by atoms with E-state index >= 15 is 0 Å². The van der Waals surface area contributed by atoms with Gasteiger partial charge in [-0.05, 0) is 18.2 Å². The lowest BCUT2D eigenvalue weighted by atomic mass is 10.3. The Morgan fingerprint density at radius 1 is 1.40 bits per heavy atom. The molecule has 0 aliphatic heterocycles. The Kier molecular flexibility index (Phi) is 3.15. The number of fused-ring (bicyclic) bond motifs is 1. The molecule has 2 heterocycles. The largest absolute Gasteiger partial charge is 0.398 e. The van der Waals surface area contributed by atoms with Gasteiger partial charge in [-0.3, -0.25) is 9.89 Å². The van der Waals surface area contributed by atoms with E-state index in [0.717, 1.165) is 0 Å². The average molecular weight is 291 g/mol. The van der Waals surface area contributed by atoms with Gasteiger partial charge in [0.05, 0.1) is 5.69 Å². The summed E-state index contributed by atoms with van der Waals surface area (Å²) in [6, 6.07) is 5.59. The zero-order valence-corrected chi connectivity index (χ0v) is 11.0. The maximum Gasteiger partial charge on any atom is 0.274 e. The quantitative estimate of drug-likeness (QED) is 0.563. The van der Waals surface area contributed by atoms with Gasteiger partial charge < -0.3 is 5.73 Å². The number of nitrogen functional groups attached to an aromatic ring is 1. The van der Waals surface area contributed by atoms with Crippen molar-refractivity contribution in [1.82, 2.24) is 19.6 Å². The zero-order chi connectivity index (χ0) is 14.1. The number of nitrogens with one attached hydrogen (secondary N) is 1. The van der Waals surface area contributed by atoms with Gasteiger partial charge in [-0.2, -0.15) is 4.52 Å². The average Bonchev–Trinajstić information content (AvgIpc) is 2.89. The Bertz CT molecular complexity index is 828. The van der Waals surface area contributed by atoms with Crippen LogP contribution in [0, 0.1) is 5.82 Å². The summed E-state index contributed by atoms with van der Waals surface area (Å²) >= 11 is 1.32. The number of nitrogens with two attached hydrogens (primary N) is 1. The SMILES string of the molecule is Nc1ccc(F)cc1SCc1cc(=O)n2[nH]cnc2n1. The van der Waals surface area contributed by atoms with E-state index in [2.05, 4.69) is 15.1 Å². The van der Waals surface area contributed by atoms with Crippen LogP contribution in [0.4, 0.5) is 10.1 Å². The molecule has 0 unspecified atom stereocenters. The smallest absolute Gasteiger partial charge is 0.274 e.